The van der Waals surface area contributed by atoms with Gasteiger partial charge in [0.2, 0.25) is 0 Å². The highest BCUT2D eigenvalue weighted by Crippen LogP contribution is 2.19. The van der Waals surface area contributed by atoms with E-state index in [4.69, 9.17) is 0 Å². The summed E-state index contributed by atoms with van der Waals surface area (Å²) in [7, 11) is 0. The first-order valence-electron chi connectivity index (χ1n) is 5.53. The Bertz CT molecular complexity index is 634. The molecule has 19 heavy (non-hydrogen) atoms. The van der Waals surface area contributed by atoms with Gasteiger partial charge in [-0.2, -0.15) is 0 Å². The van der Waals surface area contributed by atoms with E-state index in [0.717, 1.165) is 12.1 Å². The maximum atomic E-state index is 13.1. The van der Waals surface area contributed by atoms with E-state index in [0.29, 0.717) is 11.1 Å². The maximum Gasteiger partial charge on any atom is 0.336 e. The second-order valence-corrected chi connectivity index (χ2v) is 3.90. The van der Waals surface area contributed by atoms with Crippen LogP contribution in [0.4, 0.5) is 8.78 Å². The minimum atomic E-state index is -1.13. The molecule has 0 saturated heterocycles. The Morgan fingerprint density at radius 3 is 2.26 bits per heavy atom. The second kappa shape index (κ2) is 5.44. The summed E-state index contributed by atoms with van der Waals surface area (Å²) in [6, 6.07) is 11.7. The number of carboxylic acids is 1. The summed E-state index contributed by atoms with van der Waals surface area (Å²) in [5, 5.41) is 9.18. The molecule has 0 radical (unpaired) electrons. The fourth-order valence-corrected chi connectivity index (χ4v) is 1.66. The third kappa shape index (κ3) is 3.04. The SMILES string of the molecule is O=C(O)/C(=C\c1ccc(F)c(F)c1)c1ccccc1. The molecule has 1 N–H and O–H groups in total. The van der Waals surface area contributed by atoms with Crippen molar-refractivity contribution in [2.24, 2.45) is 0 Å². The number of halogens is 2. The summed E-state index contributed by atoms with van der Waals surface area (Å²) in [6.07, 6.45) is 1.31. The number of aliphatic carboxylic acids is 1. The second-order valence-electron chi connectivity index (χ2n) is 3.90. The molecule has 0 heterocycles. The van der Waals surface area contributed by atoms with Crippen molar-refractivity contribution in [2.45, 2.75) is 0 Å². The number of hydrogen-bond acceptors (Lipinski definition) is 1. The molecule has 0 bridgehead atoms. The molecular weight excluding hydrogens is 250 g/mol. The van der Waals surface area contributed by atoms with Crippen LogP contribution in [-0.4, -0.2) is 11.1 Å². The highest BCUT2D eigenvalue weighted by Gasteiger charge is 2.10. The van der Waals surface area contributed by atoms with Crippen LogP contribution in [0.5, 0.6) is 0 Å². The van der Waals surface area contributed by atoms with Gasteiger partial charge in [0.15, 0.2) is 11.6 Å². The minimum Gasteiger partial charge on any atom is -0.478 e. The lowest BCUT2D eigenvalue weighted by atomic mass is 10.0. The summed E-state index contributed by atoms with van der Waals surface area (Å²) in [5.41, 5.74) is 0.812. The van der Waals surface area contributed by atoms with Crippen LogP contribution in [0, 0.1) is 11.6 Å². The predicted molar refractivity (Wildman–Crippen MR) is 68.3 cm³/mol. The van der Waals surface area contributed by atoms with Crippen molar-refractivity contribution in [3.63, 3.8) is 0 Å². The van der Waals surface area contributed by atoms with Gasteiger partial charge in [0.1, 0.15) is 0 Å². The Morgan fingerprint density at radius 1 is 1.00 bits per heavy atom. The summed E-state index contributed by atoms with van der Waals surface area (Å²) < 4.78 is 25.9. The maximum absolute atomic E-state index is 13.1. The van der Waals surface area contributed by atoms with Crippen molar-refractivity contribution in [3.8, 4) is 0 Å². The van der Waals surface area contributed by atoms with Crippen molar-refractivity contribution >= 4 is 17.6 Å². The van der Waals surface area contributed by atoms with Gasteiger partial charge in [0.25, 0.3) is 0 Å². The van der Waals surface area contributed by atoms with E-state index >= 15 is 0 Å². The van der Waals surface area contributed by atoms with E-state index in [9.17, 15) is 18.7 Å². The summed E-state index contributed by atoms with van der Waals surface area (Å²) in [4.78, 5) is 11.2. The fraction of sp³-hybridized carbons (Fsp3) is 0. The molecule has 2 rings (SSSR count). The zero-order valence-corrected chi connectivity index (χ0v) is 9.81. The number of carbonyl (C=O) groups is 1. The highest BCUT2D eigenvalue weighted by atomic mass is 19.2. The van der Waals surface area contributed by atoms with Gasteiger partial charge in [-0.3, -0.25) is 0 Å². The molecule has 0 aromatic heterocycles. The van der Waals surface area contributed by atoms with E-state index in [1.807, 2.05) is 0 Å². The molecule has 0 spiro atoms. The molecule has 0 saturated carbocycles. The van der Waals surface area contributed by atoms with Crippen molar-refractivity contribution in [3.05, 3.63) is 71.3 Å². The van der Waals surface area contributed by atoms with Gasteiger partial charge in [-0.25, -0.2) is 13.6 Å². The molecule has 2 aromatic carbocycles. The Hall–Kier alpha value is -2.49. The predicted octanol–water partition coefficient (Wildman–Crippen LogP) is 3.59. The zero-order chi connectivity index (χ0) is 13.8. The normalized spacial score (nSPS) is 11.4. The molecule has 0 unspecified atom stereocenters. The van der Waals surface area contributed by atoms with Gasteiger partial charge < -0.3 is 5.11 Å². The molecular formula is C15H10F2O2. The van der Waals surface area contributed by atoms with Crippen molar-refractivity contribution in [2.75, 3.05) is 0 Å². The van der Waals surface area contributed by atoms with Crippen LogP contribution in [0.3, 0.4) is 0 Å². The van der Waals surface area contributed by atoms with Gasteiger partial charge >= 0.3 is 5.97 Å². The van der Waals surface area contributed by atoms with E-state index in [2.05, 4.69) is 0 Å². The van der Waals surface area contributed by atoms with Crippen LogP contribution in [0.1, 0.15) is 11.1 Å². The zero-order valence-electron chi connectivity index (χ0n) is 9.81. The molecule has 0 atom stereocenters. The third-order valence-electron chi connectivity index (χ3n) is 2.57. The lowest BCUT2D eigenvalue weighted by Crippen LogP contribution is -1.99. The quantitative estimate of drug-likeness (QED) is 0.676. The first-order chi connectivity index (χ1) is 9.08. The van der Waals surface area contributed by atoms with E-state index in [1.165, 1.54) is 12.1 Å². The fourth-order valence-electron chi connectivity index (χ4n) is 1.66. The smallest absolute Gasteiger partial charge is 0.336 e. The number of hydrogen-bond donors (Lipinski definition) is 1. The van der Waals surface area contributed by atoms with Gasteiger partial charge in [0.05, 0.1) is 5.57 Å². The molecule has 0 aliphatic rings. The molecule has 0 aliphatic heterocycles. The number of rotatable bonds is 3. The summed E-state index contributed by atoms with van der Waals surface area (Å²) >= 11 is 0. The van der Waals surface area contributed by atoms with Gasteiger partial charge in [-0.05, 0) is 29.3 Å². The first kappa shape index (κ1) is 13.0. The van der Waals surface area contributed by atoms with Crippen LogP contribution < -0.4 is 0 Å². The van der Waals surface area contributed by atoms with Crippen molar-refractivity contribution in [1.29, 1.82) is 0 Å². The lowest BCUT2D eigenvalue weighted by molar-refractivity contribution is -0.130. The largest absolute Gasteiger partial charge is 0.478 e. The number of benzene rings is 2. The Labute approximate surface area is 108 Å². The molecule has 2 aromatic rings. The van der Waals surface area contributed by atoms with Gasteiger partial charge in [-0.15, -0.1) is 0 Å². The average molecular weight is 260 g/mol. The van der Waals surface area contributed by atoms with Crippen LogP contribution in [-0.2, 0) is 4.79 Å². The Balaban J connectivity index is 2.47. The van der Waals surface area contributed by atoms with Crippen LogP contribution in [0.15, 0.2) is 48.5 Å². The van der Waals surface area contributed by atoms with Crippen molar-refractivity contribution in [1.82, 2.24) is 0 Å². The first-order valence-corrected chi connectivity index (χ1v) is 5.53. The number of carboxylic acid groups (broad SMARTS) is 1. The topological polar surface area (TPSA) is 37.3 Å². The lowest BCUT2D eigenvalue weighted by Gasteiger charge is -2.03. The molecule has 0 aliphatic carbocycles. The molecule has 4 heteroatoms. The van der Waals surface area contributed by atoms with E-state index in [1.54, 1.807) is 30.3 Å². The average Bonchev–Trinajstić information content (AvgIpc) is 2.40. The standard InChI is InChI=1S/C15H10F2O2/c16-13-7-6-10(9-14(13)17)8-12(15(18)19)11-4-2-1-3-5-11/h1-9H,(H,18,19)/b12-8-. The summed E-state index contributed by atoms with van der Waals surface area (Å²) in [6.45, 7) is 0. The molecule has 2 nitrogen and oxygen atoms in total. The van der Waals surface area contributed by atoms with Crippen LogP contribution >= 0.6 is 0 Å². The highest BCUT2D eigenvalue weighted by molar-refractivity contribution is 6.20. The van der Waals surface area contributed by atoms with Gasteiger partial charge in [0, 0.05) is 0 Å². The molecule has 96 valence electrons. The Morgan fingerprint density at radius 2 is 1.68 bits per heavy atom. The summed E-state index contributed by atoms with van der Waals surface area (Å²) in [5.74, 6) is -3.10. The minimum absolute atomic E-state index is 0.0200. The third-order valence-corrected chi connectivity index (χ3v) is 2.57. The van der Waals surface area contributed by atoms with E-state index < -0.39 is 17.6 Å². The van der Waals surface area contributed by atoms with E-state index in [-0.39, 0.29) is 5.57 Å². The molecule has 0 amide bonds. The monoisotopic (exact) mass is 260 g/mol. The Kier molecular flexibility index (Phi) is 3.71. The van der Waals surface area contributed by atoms with Crippen LogP contribution in [0.25, 0.3) is 11.6 Å². The van der Waals surface area contributed by atoms with Gasteiger partial charge in [-0.1, -0.05) is 36.4 Å². The van der Waals surface area contributed by atoms with Crippen molar-refractivity contribution < 1.29 is 18.7 Å². The van der Waals surface area contributed by atoms with Crippen LogP contribution in [0.2, 0.25) is 0 Å². The molecule has 0 fully saturated rings.